The minimum Gasteiger partial charge on any atom is -0.461 e. The normalized spacial score (nSPS) is 9.00. The number of ether oxygens (including phenoxy) is 1. The third-order valence-electron chi connectivity index (χ3n) is 0.677. The van der Waals surface area contributed by atoms with Crippen LogP contribution >= 0.6 is 0 Å². The molecule has 0 unspecified atom stereocenters. The zero-order valence-corrected chi connectivity index (χ0v) is 5.41. The second-order valence-corrected chi connectivity index (χ2v) is 1.42. The average molecular weight is 165 g/mol. The van der Waals surface area contributed by atoms with Gasteiger partial charge in [-0.2, -0.15) is 8.78 Å². The molecule has 0 aromatic carbocycles. The van der Waals surface area contributed by atoms with Gasteiger partial charge in [-0.1, -0.05) is 5.11 Å². The van der Waals surface area contributed by atoms with E-state index in [1.807, 2.05) is 0 Å². The van der Waals surface area contributed by atoms with Crippen molar-refractivity contribution in [2.45, 2.75) is 6.43 Å². The number of azide groups is 1. The molecule has 0 aromatic heterocycles. The highest BCUT2D eigenvalue weighted by molar-refractivity contribution is 5.72. The van der Waals surface area contributed by atoms with E-state index in [0.717, 1.165) is 0 Å². The second kappa shape index (κ2) is 5.43. The topological polar surface area (TPSA) is 75.1 Å². The minimum atomic E-state index is -3.12. The number of nitrogens with zero attached hydrogens (tertiary/aromatic N) is 3. The fourth-order valence-electron chi connectivity index (χ4n) is 0.295. The fourth-order valence-corrected chi connectivity index (χ4v) is 0.295. The van der Waals surface area contributed by atoms with Gasteiger partial charge in [0.1, 0.15) is 0 Å². The average Bonchev–Trinajstić information content (AvgIpc) is 1.97. The van der Waals surface area contributed by atoms with Crippen LogP contribution in [0, 0.1) is 0 Å². The second-order valence-electron chi connectivity index (χ2n) is 1.42. The lowest BCUT2D eigenvalue weighted by molar-refractivity contribution is -0.156. The Hall–Kier alpha value is -1.36. The zero-order valence-electron chi connectivity index (χ0n) is 5.41. The van der Waals surface area contributed by atoms with E-state index in [9.17, 15) is 13.6 Å². The molecule has 62 valence electrons. The number of halogens is 2. The molecule has 0 atom stereocenters. The molecule has 0 rings (SSSR count). The Bertz CT molecular complexity index is 178. The van der Waals surface area contributed by atoms with Crippen LogP contribution in [0.5, 0.6) is 0 Å². The largest absolute Gasteiger partial charge is 0.461 e. The Morgan fingerprint density at radius 3 is 2.82 bits per heavy atom. The maximum absolute atomic E-state index is 11.4. The lowest BCUT2D eigenvalue weighted by atomic mass is 10.7. The number of esters is 1. The smallest absolute Gasteiger partial charge is 0.373 e. The van der Waals surface area contributed by atoms with E-state index >= 15 is 0 Å². The molecule has 0 fully saturated rings. The Balaban J connectivity index is 3.39. The molecule has 0 bridgehead atoms. The molecule has 0 aromatic rings. The maximum atomic E-state index is 11.4. The van der Waals surface area contributed by atoms with Crippen LogP contribution in [0.25, 0.3) is 10.4 Å². The van der Waals surface area contributed by atoms with Crippen LogP contribution in [-0.4, -0.2) is 25.5 Å². The van der Waals surface area contributed by atoms with Crippen molar-refractivity contribution in [2.24, 2.45) is 5.11 Å². The molecule has 0 aliphatic carbocycles. The van der Waals surface area contributed by atoms with Gasteiger partial charge in [0.15, 0.2) is 0 Å². The van der Waals surface area contributed by atoms with Gasteiger partial charge in [0, 0.05) is 4.91 Å². The van der Waals surface area contributed by atoms with E-state index < -0.39 is 12.4 Å². The number of hydrogen-bond donors (Lipinski definition) is 0. The Morgan fingerprint density at radius 1 is 1.73 bits per heavy atom. The zero-order chi connectivity index (χ0) is 8.69. The number of alkyl halides is 2. The van der Waals surface area contributed by atoms with Gasteiger partial charge in [0.25, 0.3) is 0 Å². The maximum Gasteiger partial charge on any atom is 0.373 e. The van der Waals surface area contributed by atoms with Gasteiger partial charge >= 0.3 is 12.4 Å². The van der Waals surface area contributed by atoms with Gasteiger partial charge in [-0.3, -0.25) is 0 Å². The molecule has 0 amide bonds. The highest BCUT2D eigenvalue weighted by Crippen LogP contribution is 1.94. The summed E-state index contributed by atoms with van der Waals surface area (Å²) in [7, 11) is 0. The molecule has 11 heavy (non-hydrogen) atoms. The van der Waals surface area contributed by atoms with Crippen molar-refractivity contribution < 1.29 is 18.3 Å². The molecule has 0 saturated heterocycles. The molecule has 0 heterocycles. The summed E-state index contributed by atoms with van der Waals surface area (Å²) in [4.78, 5) is 12.3. The summed E-state index contributed by atoms with van der Waals surface area (Å²) in [5.41, 5.74) is 7.71. The summed E-state index contributed by atoms with van der Waals surface area (Å²) >= 11 is 0. The third-order valence-corrected chi connectivity index (χ3v) is 0.677. The van der Waals surface area contributed by atoms with Crippen LogP contribution in [0.3, 0.4) is 0 Å². The number of hydrogen-bond acceptors (Lipinski definition) is 3. The molecule has 7 heteroatoms. The minimum absolute atomic E-state index is 0.130. The Labute approximate surface area is 60.6 Å². The molecule has 0 spiro atoms. The van der Waals surface area contributed by atoms with Crippen LogP contribution < -0.4 is 0 Å². The van der Waals surface area contributed by atoms with E-state index in [2.05, 4.69) is 14.8 Å². The quantitative estimate of drug-likeness (QED) is 0.205. The molecule has 0 aliphatic heterocycles. The van der Waals surface area contributed by atoms with Crippen molar-refractivity contribution in [1.29, 1.82) is 0 Å². The summed E-state index contributed by atoms with van der Waals surface area (Å²) in [6.45, 7) is -0.442. The first-order valence-corrected chi connectivity index (χ1v) is 2.64. The monoisotopic (exact) mass is 165 g/mol. The summed E-state index contributed by atoms with van der Waals surface area (Å²) in [6.07, 6.45) is -3.12. The summed E-state index contributed by atoms with van der Waals surface area (Å²) in [5.74, 6) is -1.60. The van der Waals surface area contributed by atoms with Gasteiger partial charge in [0.2, 0.25) is 0 Å². The number of carbonyl (C=O) groups excluding carboxylic acids is 1. The first-order valence-electron chi connectivity index (χ1n) is 2.64. The van der Waals surface area contributed by atoms with E-state index in [1.165, 1.54) is 0 Å². The summed E-state index contributed by atoms with van der Waals surface area (Å²) in [5, 5.41) is 2.96. The van der Waals surface area contributed by atoms with Crippen LogP contribution in [0.1, 0.15) is 0 Å². The summed E-state index contributed by atoms with van der Waals surface area (Å²) < 4.78 is 26.7. The van der Waals surface area contributed by atoms with Gasteiger partial charge < -0.3 is 4.74 Å². The first-order chi connectivity index (χ1) is 5.18. The molecule has 0 aliphatic rings. The molecule has 5 nitrogen and oxygen atoms in total. The van der Waals surface area contributed by atoms with Crippen LogP contribution in [0.4, 0.5) is 8.78 Å². The van der Waals surface area contributed by atoms with Crippen molar-refractivity contribution in [1.82, 2.24) is 0 Å². The van der Waals surface area contributed by atoms with Crippen LogP contribution in [-0.2, 0) is 9.53 Å². The lowest BCUT2D eigenvalue weighted by Gasteiger charge is -1.99. The SMILES string of the molecule is [N-]=[N+]=NCCOC(=O)C(F)F. The Kier molecular flexibility index (Phi) is 4.76. The Morgan fingerprint density at radius 2 is 2.36 bits per heavy atom. The highest BCUT2D eigenvalue weighted by atomic mass is 19.3. The van der Waals surface area contributed by atoms with E-state index in [0.29, 0.717) is 0 Å². The standard InChI is InChI=1S/C4H5F2N3O2/c5-3(6)4(10)11-2-1-8-9-7/h3H,1-2H2. The van der Waals surface area contributed by atoms with Gasteiger partial charge in [-0.15, -0.1) is 0 Å². The van der Waals surface area contributed by atoms with E-state index in [4.69, 9.17) is 5.53 Å². The van der Waals surface area contributed by atoms with Crippen molar-refractivity contribution in [3.05, 3.63) is 10.4 Å². The van der Waals surface area contributed by atoms with E-state index in [1.54, 1.807) is 0 Å². The lowest BCUT2D eigenvalue weighted by Crippen LogP contribution is -2.15. The van der Waals surface area contributed by atoms with Gasteiger partial charge in [-0.05, 0) is 5.53 Å². The number of carbonyl (C=O) groups is 1. The molecular formula is C4H5F2N3O2. The van der Waals surface area contributed by atoms with Crippen molar-refractivity contribution >= 4 is 5.97 Å². The predicted molar refractivity (Wildman–Crippen MR) is 31.0 cm³/mol. The van der Waals surface area contributed by atoms with Crippen molar-refractivity contribution in [2.75, 3.05) is 13.2 Å². The predicted octanol–water partition coefficient (Wildman–Crippen LogP) is 1.10. The van der Waals surface area contributed by atoms with Crippen molar-refractivity contribution in [3.63, 3.8) is 0 Å². The fraction of sp³-hybridized carbons (Fsp3) is 0.750. The molecule has 0 saturated carbocycles. The third kappa shape index (κ3) is 5.10. The number of rotatable bonds is 4. The molecule has 0 radical (unpaired) electrons. The van der Waals surface area contributed by atoms with Crippen LogP contribution in [0.15, 0.2) is 5.11 Å². The highest BCUT2D eigenvalue weighted by Gasteiger charge is 2.15. The van der Waals surface area contributed by atoms with Crippen molar-refractivity contribution in [3.8, 4) is 0 Å². The molecule has 0 N–H and O–H groups in total. The van der Waals surface area contributed by atoms with Gasteiger partial charge in [-0.25, -0.2) is 4.79 Å². The van der Waals surface area contributed by atoms with E-state index in [-0.39, 0.29) is 13.2 Å². The first kappa shape index (κ1) is 9.64. The van der Waals surface area contributed by atoms with Crippen LogP contribution in [0.2, 0.25) is 0 Å². The summed E-state index contributed by atoms with van der Waals surface area (Å²) in [6, 6.07) is 0. The van der Waals surface area contributed by atoms with Gasteiger partial charge in [0.05, 0.1) is 13.2 Å². The molecular weight excluding hydrogens is 160 g/mol.